The lowest BCUT2D eigenvalue weighted by Gasteiger charge is -2.25. The zero-order valence-corrected chi connectivity index (χ0v) is 20.6. The van der Waals surface area contributed by atoms with Crippen LogP contribution in [0.15, 0.2) is 71.2 Å². The van der Waals surface area contributed by atoms with Gasteiger partial charge in [-0.2, -0.15) is 0 Å². The Morgan fingerprint density at radius 1 is 1.06 bits per heavy atom. The first-order valence-corrected chi connectivity index (χ1v) is 12.0. The van der Waals surface area contributed by atoms with Crippen LogP contribution in [0.2, 0.25) is 0 Å². The quantitative estimate of drug-likeness (QED) is 0.339. The topological polar surface area (TPSA) is 137 Å². The van der Waals surface area contributed by atoms with Gasteiger partial charge in [0.25, 0.3) is 17.6 Å². The number of benzene rings is 3. The zero-order chi connectivity index (χ0) is 25.6. The molecule has 0 aliphatic carbocycles. The molecule has 1 spiro atoms. The van der Waals surface area contributed by atoms with Gasteiger partial charge in [-0.1, -0.05) is 24.3 Å². The van der Waals surface area contributed by atoms with E-state index in [1.807, 2.05) is 6.92 Å². The van der Waals surface area contributed by atoms with Crippen molar-refractivity contribution in [3.8, 4) is 5.75 Å². The maximum absolute atomic E-state index is 13.1. The SMILES string of the molecule is C[C@@H]1N[C@]2(C(=O)Nc3ccccc32)[C@@H]([N+](=O)[O-])[C@H]1c1ccc(OCc2ccc([N+](=O)[O-])cc2)c(Br)c1. The van der Waals surface area contributed by atoms with Crippen LogP contribution in [0.5, 0.6) is 5.75 Å². The molecule has 2 heterocycles. The molecule has 0 aromatic heterocycles. The van der Waals surface area contributed by atoms with Gasteiger partial charge in [0.1, 0.15) is 12.4 Å². The number of carbonyl (C=O) groups is 1. The molecule has 2 aliphatic heterocycles. The number of hydrogen-bond acceptors (Lipinski definition) is 7. The summed E-state index contributed by atoms with van der Waals surface area (Å²) in [6, 6.07) is 16.8. The fraction of sp³-hybridized carbons (Fsp3) is 0.240. The van der Waals surface area contributed by atoms with E-state index in [0.717, 1.165) is 5.56 Å². The van der Waals surface area contributed by atoms with E-state index in [9.17, 15) is 25.0 Å². The minimum Gasteiger partial charge on any atom is -0.488 e. The number of rotatable bonds is 6. The average molecular weight is 553 g/mol. The number of para-hydroxylation sites is 1. The Morgan fingerprint density at radius 3 is 2.44 bits per heavy atom. The number of nitrogens with one attached hydrogen (secondary N) is 2. The summed E-state index contributed by atoms with van der Waals surface area (Å²) in [6.45, 7) is 2.03. The van der Waals surface area contributed by atoms with E-state index in [-0.39, 0.29) is 23.3 Å². The maximum atomic E-state index is 13.1. The number of non-ortho nitro benzene ring substituents is 1. The highest BCUT2D eigenvalue weighted by atomic mass is 79.9. The lowest BCUT2D eigenvalue weighted by Crippen LogP contribution is -2.54. The summed E-state index contributed by atoms with van der Waals surface area (Å²) in [5.41, 5.74) is 1.13. The number of anilines is 1. The van der Waals surface area contributed by atoms with Crippen LogP contribution in [-0.4, -0.2) is 27.8 Å². The summed E-state index contributed by atoms with van der Waals surface area (Å²) >= 11 is 3.50. The zero-order valence-electron chi connectivity index (χ0n) is 19.0. The summed E-state index contributed by atoms with van der Waals surface area (Å²) in [7, 11) is 0. The first-order valence-electron chi connectivity index (χ1n) is 11.2. The predicted molar refractivity (Wildman–Crippen MR) is 134 cm³/mol. The molecule has 0 saturated carbocycles. The van der Waals surface area contributed by atoms with Crippen LogP contribution < -0.4 is 15.4 Å². The van der Waals surface area contributed by atoms with Crippen LogP contribution >= 0.6 is 15.9 Å². The van der Waals surface area contributed by atoms with Crippen LogP contribution in [0.4, 0.5) is 11.4 Å². The predicted octanol–water partition coefficient (Wildman–Crippen LogP) is 4.50. The maximum Gasteiger partial charge on any atom is 0.269 e. The smallest absolute Gasteiger partial charge is 0.269 e. The molecule has 0 radical (unpaired) electrons. The molecule has 2 aliphatic rings. The van der Waals surface area contributed by atoms with E-state index in [1.54, 1.807) is 54.6 Å². The van der Waals surface area contributed by atoms with Crippen LogP contribution in [0, 0.1) is 20.2 Å². The number of nitrogens with zero attached hydrogens (tertiary/aromatic N) is 2. The number of nitro groups is 2. The second-order valence-electron chi connectivity index (χ2n) is 8.90. The van der Waals surface area contributed by atoms with E-state index in [4.69, 9.17) is 4.74 Å². The molecule has 1 saturated heterocycles. The molecule has 0 bridgehead atoms. The Bertz CT molecular complexity index is 1380. The van der Waals surface area contributed by atoms with Crippen molar-refractivity contribution in [1.29, 1.82) is 0 Å². The Labute approximate surface area is 214 Å². The van der Waals surface area contributed by atoms with E-state index in [2.05, 4.69) is 26.6 Å². The Balaban J connectivity index is 1.42. The first kappa shape index (κ1) is 23.9. The Kier molecular flexibility index (Phi) is 5.97. The molecule has 11 heteroatoms. The lowest BCUT2D eigenvalue weighted by molar-refractivity contribution is -0.532. The van der Waals surface area contributed by atoms with Crippen LogP contribution in [0.25, 0.3) is 0 Å². The fourth-order valence-corrected chi connectivity index (χ4v) is 5.78. The molecule has 5 rings (SSSR count). The van der Waals surface area contributed by atoms with Gasteiger partial charge in [0.15, 0.2) is 5.54 Å². The van der Waals surface area contributed by atoms with Crippen molar-refractivity contribution in [2.45, 2.75) is 37.1 Å². The standard InChI is InChI=1S/C25H21BrN4O6/c1-14-22(23(30(34)35)25(28-14)18-4-2-3-5-20(18)27-24(25)31)16-8-11-21(19(26)12-16)36-13-15-6-9-17(10-7-15)29(32)33/h2-12,14,22-23,28H,13H2,1H3,(H,27,31)/t14-,22+,23-,25-/m0/s1. The molecule has 1 amide bonds. The number of hydrogen-bond donors (Lipinski definition) is 2. The van der Waals surface area contributed by atoms with Crippen molar-refractivity contribution >= 4 is 33.2 Å². The monoisotopic (exact) mass is 552 g/mol. The third-order valence-electron chi connectivity index (χ3n) is 6.85. The summed E-state index contributed by atoms with van der Waals surface area (Å²) in [5.74, 6) is -0.495. The number of ether oxygens (including phenoxy) is 1. The molecule has 0 unspecified atom stereocenters. The van der Waals surface area contributed by atoms with E-state index >= 15 is 0 Å². The van der Waals surface area contributed by atoms with E-state index < -0.39 is 28.3 Å². The second kappa shape index (κ2) is 8.99. The fourth-order valence-electron chi connectivity index (χ4n) is 5.27. The van der Waals surface area contributed by atoms with E-state index in [0.29, 0.717) is 27.0 Å². The van der Waals surface area contributed by atoms with Crippen LogP contribution in [-0.2, 0) is 16.9 Å². The highest BCUT2D eigenvalue weighted by Crippen LogP contribution is 2.50. The third kappa shape index (κ3) is 3.80. The van der Waals surface area contributed by atoms with Crippen molar-refractivity contribution in [2.24, 2.45) is 0 Å². The first-order chi connectivity index (χ1) is 17.2. The highest BCUT2D eigenvalue weighted by Gasteiger charge is 2.67. The van der Waals surface area contributed by atoms with Crippen molar-refractivity contribution in [3.63, 3.8) is 0 Å². The molecule has 3 aromatic rings. The van der Waals surface area contributed by atoms with Crippen LogP contribution in [0.3, 0.4) is 0 Å². The third-order valence-corrected chi connectivity index (χ3v) is 7.47. The molecular weight excluding hydrogens is 532 g/mol. The molecule has 184 valence electrons. The van der Waals surface area contributed by atoms with E-state index in [1.165, 1.54) is 12.1 Å². The Hall–Kier alpha value is -3.83. The summed E-state index contributed by atoms with van der Waals surface area (Å²) < 4.78 is 6.47. The summed E-state index contributed by atoms with van der Waals surface area (Å²) in [5, 5.41) is 29.3. The number of carbonyl (C=O) groups excluding carboxylic acids is 1. The largest absolute Gasteiger partial charge is 0.488 e. The lowest BCUT2D eigenvalue weighted by atomic mass is 9.78. The van der Waals surface area contributed by atoms with Gasteiger partial charge in [0.05, 0.1) is 15.3 Å². The van der Waals surface area contributed by atoms with Gasteiger partial charge in [-0.3, -0.25) is 30.3 Å². The number of amides is 1. The highest BCUT2D eigenvalue weighted by molar-refractivity contribution is 9.10. The van der Waals surface area contributed by atoms with Crippen molar-refractivity contribution < 1.29 is 19.4 Å². The molecule has 10 nitrogen and oxygen atoms in total. The summed E-state index contributed by atoms with van der Waals surface area (Å²) in [6.07, 6.45) is 0. The van der Waals surface area contributed by atoms with Gasteiger partial charge < -0.3 is 10.1 Å². The minimum atomic E-state index is -1.47. The van der Waals surface area contributed by atoms with Crippen molar-refractivity contribution in [3.05, 3.63) is 108 Å². The molecule has 36 heavy (non-hydrogen) atoms. The van der Waals surface area contributed by atoms with Crippen molar-refractivity contribution in [1.82, 2.24) is 5.32 Å². The average Bonchev–Trinajstić information content (AvgIpc) is 3.32. The molecule has 1 fully saturated rings. The van der Waals surface area contributed by atoms with Gasteiger partial charge in [0, 0.05) is 34.3 Å². The number of fused-ring (bicyclic) bond motifs is 2. The van der Waals surface area contributed by atoms with Gasteiger partial charge in [-0.25, -0.2) is 0 Å². The second-order valence-corrected chi connectivity index (χ2v) is 9.75. The molecular formula is C25H21BrN4O6. The van der Waals surface area contributed by atoms with Gasteiger partial charge in [-0.15, -0.1) is 0 Å². The number of halogens is 1. The van der Waals surface area contributed by atoms with Gasteiger partial charge in [0.2, 0.25) is 0 Å². The Morgan fingerprint density at radius 2 is 1.78 bits per heavy atom. The molecule has 4 atom stereocenters. The van der Waals surface area contributed by atoms with Gasteiger partial charge in [-0.05, 0) is 64.3 Å². The number of nitro benzene ring substituents is 1. The normalized spacial score (nSPS) is 24.4. The minimum absolute atomic E-state index is 0.000241. The molecule has 2 N–H and O–H groups in total. The molecule has 3 aromatic carbocycles. The van der Waals surface area contributed by atoms with Crippen molar-refractivity contribution in [2.75, 3.05) is 5.32 Å². The van der Waals surface area contributed by atoms with Crippen LogP contribution in [0.1, 0.15) is 29.5 Å². The van der Waals surface area contributed by atoms with Gasteiger partial charge >= 0.3 is 0 Å². The summed E-state index contributed by atoms with van der Waals surface area (Å²) in [4.78, 5) is 35.6.